The molecule has 1 saturated heterocycles. The summed E-state index contributed by atoms with van der Waals surface area (Å²) in [7, 11) is 0. The van der Waals surface area contributed by atoms with E-state index in [0.717, 1.165) is 11.3 Å². The van der Waals surface area contributed by atoms with Crippen LogP contribution in [0.25, 0.3) is 16.9 Å². The highest BCUT2D eigenvalue weighted by molar-refractivity contribution is 6.30. The van der Waals surface area contributed by atoms with E-state index in [-0.39, 0.29) is 12.0 Å². The molecule has 0 saturated carbocycles. The minimum Gasteiger partial charge on any atom is -0.450 e. The normalized spacial score (nSPS) is 14.3. The number of carbonyl (C=O) groups is 2. The number of hydrogen-bond donors (Lipinski definition) is 0. The van der Waals surface area contributed by atoms with E-state index < -0.39 is 0 Å². The molecule has 2 amide bonds. The predicted octanol–water partition coefficient (Wildman–Crippen LogP) is 2.96. The first-order chi connectivity index (χ1) is 14.1. The van der Waals surface area contributed by atoms with E-state index >= 15 is 0 Å². The van der Waals surface area contributed by atoms with E-state index in [1.807, 2.05) is 30.3 Å². The largest absolute Gasteiger partial charge is 0.450 e. The Bertz CT molecular complexity index is 1040. The average molecular weight is 414 g/mol. The van der Waals surface area contributed by atoms with Crippen molar-refractivity contribution in [2.75, 3.05) is 32.8 Å². The fourth-order valence-corrected chi connectivity index (χ4v) is 3.48. The van der Waals surface area contributed by atoms with Crippen LogP contribution in [-0.4, -0.2) is 69.2 Å². The lowest BCUT2D eigenvalue weighted by Gasteiger charge is -2.33. The molecule has 4 rings (SSSR count). The Kier molecular flexibility index (Phi) is 5.35. The molecule has 0 atom stereocenters. The summed E-state index contributed by atoms with van der Waals surface area (Å²) in [6, 6.07) is 9.25. The summed E-state index contributed by atoms with van der Waals surface area (Å²) in [5, 5.41) is 5.04. The van der Waals surface area contributed by atoms with Gasteiger partial charge in [0.05, 0.1) is 18.5 Å². The van der Waals surface area contributed by atoms with E-state index in [2.05, 4.69) is 10.1 Å². The van der Waals surface area contributed by atoms with Gasteiger partial charge in [0.15, 0.2) is 5.65 Å². The quantitative estimate of drug-likeness (QED) is 0.659. The van der Waals surface area contributed by atoms with Crippen molar-refractivity contribution < 1.29 is 14.3 Å². The van der Waals surface area contributed by atoms with Crippen LogP contribution >= 0.6 is 11.6 Å². The Morgan fingerprint density at radius 3 is 2.45 bits per heavy atom. The van der Waals surface area contributed by atoms with Gasteiger partial charge in [-0.1, -0.05) is 23.7 Å². The standard InChI is InChI=1S/C20H20ClN5O3/c1-2-29-20(28)25-11-9-24(10-12-25)19(27)16-13-23-26-17(7-8-22-18(16)26)14-3-5-15(21)6-4-14/h3-8,13H,2,9-12H2,1H3. The minimum atomic E-state index is -0.343. The second-order valence-corrected chi connectivity index (χ2v) is 7.05. The molecule has 29 heavy (non-hydrogen) atoms. The van der Waals surface area contributed by atoms with E-state index in [4.69, 9.17) is 16.3 Å². The highest BCUT2D eigenvalue weighted by Crippen LogP contribution is 2.23. The van der Waals surface area contributed by atoms with E-state index in [1.54, 1.807) is 33.6 Å². The van der Waals surface area contributed by atoms with Gasteiger partial charge in [-0.05, 0) is 25.1 Å². The van der Waals surface area contributed by atoms with Gasteiger partial charge in [-0.3, -0.25) is 4.79 Å². The fourth-order valence-electron chi connectivity index (χ4n) is 3.36. The lowest BCUT2D eigenvalue weighted by molar-refractivity contribution is 0.0571. The summed E-state index contributed by atoms with van der Waals surface area (Å²) in [5.41, 5.74) is 2.67. The van der Waals surface area contributed by atoms with Crippen LogP contribution in [0.15, 0.2) is 42.7 Å². The third kappa shape index (κ3) is 3.75. The number of halogens is 1. The van der Waals surface area contributed by atoms with Crippen LogP contribution in [-0.2, 0) is 4.74 Å². The van der Waals surface area contributed by atoms with Gasteiger partial charge < -0.3 is 14.5 Å². The maximum Gasteiger partial charge on any atom is 0.409 e. The van der Waals surface area contributed by atoms with Gasteiger partial charge in [-0.25, -0.2) is 14.3 Å². The molecule has 1 aromatic carbocycles. The molecule has 0 N–H and O–H groups in total. The number of ether oxygens (including phenoxy) is 1. The molecule has 8 nitrogen and oxygen atoms in total. The molecular weight excluding hydrogens is 394 g/mol. The zero-order chi connectivity index (χ0) is 20.4. The third-order valence-electron chi connectivity index (χ3n) is 4.86. The van der Waals surface area contributed by atoms with Crippen LogP contribution in [0.3, 0.4) is 0 Å². The molecule has 9 heteroatoms. The molecule has 0 spiro atoms. The molecule has 3 aromatic rings. The van der Waals surface area contributed by atoms with Gasteiger partial charge >= 0.3 is 6.09 Å². The Morgan fingerprint density at radius 1 is 1.07 bits per heavy atom. The van der Waals surface area contributed by atoms with E-state index in [9.17, 15) is 9.59 Å². The lowest BCUT2D eigenvalue weighted by Crippen LogP contribution is -2.50. The molecule has 2 aromatic heterocycles. The number of hydrogen-bond acceptors (Lipinski definition) is 5. The molecule has 0 unspecified atom stereocenters. The van der Waals surface area contributed by atoms with Crippen molar-refractivity contribution in [1.29, 1.82) is 0 Å². The van der Waals surface area contributed by atoms with Gasteiger partial charge in [-0.2, -0.15) is 5.10 Å². The highest BCUT2D eigenvalue weighted by Gasteiger charge is 2.27. The summed E-state index contributed by atoms with van der Waals surface area (Å²) < 4.78 is 6.68. The number of carbonyl (C=O) groups excluding carboxylic acids is 2. The zero-order valence-corrected chi connectivity index (χ0v) is 16.7. The first-order valence-electron chi connectivity index (χ1n) is 9.38. The van der Waals surface area contributed by atoms with E-state index in [1.165, 1.54) is 0 Å². The van der Waals surface area contributed by atoms with Crippen molar-refractivity contribution in [1.82, 2.24) is 24.4 Å². The van der Waals surface area contributed by atoms with Gasteiger partial charge in [0.25, 0.3) is 5.91 Å². The minimum absolute atomic E-state index is 0.149. The van der Waals surface area contributed by atoms with Gasteiger partial charge in [0.2, 0.25) is 0 Å². The van der Waals surface area contributed by atoms with Gasteiger partial charge in [0, 0.05) is 43.0 Å². The SMILES string of the molecule is CCOC(=O)N1CCN(C(=O)c2cnn3c(-c4ccc(Cl)cc4)ccnc23)CC1. The topological polar surface area (TPSA) is 80.0 Å². The molecular formula is C20H20ClN5O3. The second kappa shape index (κ2) is 8.08. The van der Waals surface area contributed by atoms with Crippen molar-refractivity contribution in [3.63, 3.8) is 0 Å². The van der Waals surface area contributed by atoms with Crippen molar-refractivity contribution >= 4 is 29.2 Å². The summed E-state index contributed by atoms with van der Waals surface area (Å²) in [6.45, 7) is 3.86. The van der Waals surface area contributed by atoms with Crippen LogP contribution < -0.4 is 0 Å². The van der Waals surface area contributed by atoms with Crippen molar-refractivity contribution in [2.45, 2.75) is 6.92 Å². The number of rotatable bonds is 3. The number of piperazine rings is 1. The summed E-state index contributed by atoms with van der Waals surface area (Å²) in [5.74, 6) is -0.149. The molecule has 3 heterocycles. The Labute approximate surface area is 172 Å². The average Bonchev–Trinajstić information content (AvgIpc) is 3.18. The molecule has 1 aliphatic heterocycles. The second-order valence-electron chi connectivity index (χ2n) is 6.61. The Morgan fingerprint density at radius 2 is 1.76 bits per heavy atom. The molecule has 0 aliphatic carbocycles. The maximum absolute atomic E-state index is 13.0. The molecule has 0 radical (unpaired) electrons. The smallest absolute Gasteiger partial charge is 0.409 e. The highest BCUT2D eigenvalue weighted by atomic mass is 35.5. The summed E-state index contributed by atoms with van der Waals surface area (Å²) >= 11 is 5.98. The maximum atomic E-state index is 13.0. The van der Waals surface area contributed by atoms with Gasteiger partial charge in [-0.15, -0.1) is 0 Å². The summed E-state index contributed by atoms with van der Waals surface area (Å²) in [4.78, 5) is 32.6. The van der Waals surface area contributed by atoms with Crippen LogP contribution in [0, 0.1) is 0 Å². The fraction of sp³-hybridized carbons (Fsp3) is 0.300. The Hall–Kier alpha value is -3.13. The predicted molar refractivity (Wildman–Crippen MR) is 108 cm³/mol. The first kappa shape index (κ1) is 19.2. The molecule has 150 valence electrons. The molecule has 1 aliphatic rings. The Balaban J connectivity index is 1.56. The van der Waals surface area contributed by atoms with Crippen LogP contribution in [0.5, 0.6) is 0 Å². The van der Waals surface area contributed by atoms with Crippen molar-refractivity contribution in [3.8, 4) is 11.3 Å². The van der Waals surface area contributed by atoms with Crippen LogP contribution in [0.4, 0.5) is 4.79 Å². The van der Waals surface area contributed by atoms with Gasteiger partial charge in [0.1, 0.15) is 5.56 Å². The monoisotopic (exact) mass is 413 g/mol. The van der Waals surface area contributed by atoms with Crippen LogP contribution in [0.2, 0.25) is 5.02 Å². The molecule has 0 bridgehead atoms. The lowest BCUT2D eigenvalue weighted by atomic mass is 10.1. The third-order valence-corrected chi connectivity index (χ3v) is 5.12. The van der Waals surface area contributed by atoms with Crippen molar-refractivity contribution in [3.05, 3.63) is 53.3 Å². The molecule has 1 fully saturated rings. The number of fused-ring (bicyclic) bond motifs is 1. The number of nitrogens with zero attached hydrogens (tertiary/aromatic N) is 5. The number of amides is 2. The zero-order valence-electron chi connectivity index (χ0n) is 15.9. The summed E-state index contributed by atoms with van der Waals surface area (Å²) in [6.07, 6.45) is 2.86. The van der Waals surface area contributed by atoms with Crippen LogP contribution in [0.1, 0.15) is 17.3 Å². The van der Waals surface area contributed by atoms with Crippen molar-refractivity contribution in [2.24, 2.45) is 0 Å². The number of aromatic nitrogens is 3. The number of benzene rings is 1. The first-order valence-corrected chi connectivity index (χ1v) is 9.76. The van der Waals surface area contributed by atoms with E-state index in [0.29, 0.717) is 49.0 Å².